The smallest absolute Gasteiger partial charge is 0.335 e. The van der Waals surface area contributed by atoms with Gasteiger partial charge in [0, 0.05) is 6.04 Å². The molecule has 2 heterocycles. The summed E-state index contributed by atoms with van der Waals surface area (Å²) in [5.74, 6) is -0.135. The van der Waals surface area contributed by atoms with E-state index in [0.29, 0.717) is 6.04 Å². The van der Waals surface area contributed by atoms with Crippen molar-refractivity contribution in [1.29, 1.82) is 0 Å². The lowest BCUT2D eigenvalue weighted by atomic mass is 10.0. The summed E-state index contributed by atoms with van der Waals surface area (Å²) in [4.78, 5) is 14.0. The van der Waals surface area contributed by atoms with E-state index < -0.39 is 0 Å². The fourth-order valence-electron chi connectivity index (χ4n) is 2.47. The van der Waals surface area contributed by atoms with Crippen LogP contribution in [0.5, 0.6) is 0 Å². The molecule has 0 amide bonds. The Balaban J connectivity index is 2.18. The van der Waals surface area contributed by atoms with Gasteiger partial charge in [-0.15, -0.1) is 0 Å². The zero-order chi connectivity index (χ0) is 9.97. The number of allylic oxidation sites excluding steroid dienone is 1. The summed E-state index contributed by atoms with van der Waals surface area (Å²) in [6, 6.07) is 0.338. The fraction of sp³-hybridized carbons (Fsp3) is 0.727. The number of esters is 1. The quantitative estimate of drug-likeness (QED) is 0.591. The molecule has 1 unspecified atom stereocenters. The third-order valence-electron chi connectivity index (χ3n) is 3.16. The van der Waals surface area contributed by atoms with Gasteiger partial charge in [-0.2, -0.15) is 0 Å². The predicted octanol–water partition coefficient (Wildman–Crippen LogP) is 1.34. The first-order chi connectivity index (χ1) is 6.83. The zero-order valence-electron chi connectivity index (χ0n) is 8.66. The number of fused-ring (bicyclic) bond motifs is 1. The molecule has 78 valence electrons. The van der Waals surface area contributed by atoms with E-state index in [0.717, 1.165) is 37.9 Å². The highest BCUT2D eigenvalue weighted by Gasteiger charge is 2.32. The lowest BCUT2D eigenvalue weighted by Crippen LogP contribution is -2.33. The summed E-state index contributed by atoms with van der Waals surface area (Å²) in [6.45, 7) is 2.26. The second kappa shape index (κ2) is 4.13. The topological polar surface area (TPSA) is 29.5 Å². The van der Waals surface area contributed by atoms with E-state index >= 15 is 0 Å². The molecule has 3 nitrogen and oxygen atoms in total. The summed E-state index contributed by atoms with van der Waals surface area (Å²) >= 11 is 0. The van der Waals surface area contributed by atoms with E-state index in [4.69, 9.17) is 4.74 Å². The second-order valence-corrected chi connectivity index (χ2v) is 3.99. The Kier molecular flexibility index (Phi) is 2.87. The molecule has 0 aromatic rings. The molecule has 1 saturated heterocycles. The number of rotatable bonds is 1. The van der Waals surface area contributed by atoms with Crippen LogP contribution in [0.4, 0.5) is 0 Å². The Morgan fingerprint density at radius 2 is 2.29 bits per heavy atom. The van der Waals surface area contributed by atoms with E-state index in [9.17, 15) is 4.79 Å². The number of ether oxygens (including phenoxy) is 1. The van der Waals surface area contributed by atoms with E-state index in [1.807, 2.05) is 0 Å². The Labute approximate surface area is 84.7 Å². The lowest BCUT2D eigenvalue weighted by Gasteiger charge is -2.22. The average Bonchev–Trinajstić information content (AvgIpc) is 2.57. The third-order valence-corrected chi connectivity index (χ3v) is 3.16. The molecule has 1 fully saturated rings. The van der Waals surface area contributed by atoms with Crippen LogP contribution >= 0.6 is 0 Å². The number of carbonyl (C=O) groups excluding carboxylic acids is 1. The fourth-order valence-corrected chi connectivity index (χ4v) is 2.47. The van der Waals surface area contributed by atoms with Gasteiger partial charge in [-0.25, -0.2) is 4.79 Å². The standard InChI is InChI=1S/C11H17NO2/c1-14-11(13)9-5-2-3-7-12-8-4-6-10(9)12/h5,10H,2-4,6-8H2,1H3. The van der Waals surface area contributed by atoms with Crippen LogP contribution in [-0.2, 0) is 9.53 Å². The van der Waals surface area contributed by atoms with E-state index in [2.05, 4.69) is 11.0 Å². The van der Waals surface area contributed by atoms with Gasteiger partial charge in [0.2, 0.25) is 0 Å². The van der Waals surface area contributed by atoms with Crippen molar-refractivity contribution in [2.45, 2.75) is 31.7 Å². The molecule has 2 rings (SSSR count). The second-order valence-electron chi connectivity index (χ2n) is 3.99. The van der Waals surface area contributed by atoms with E-state index in [1.54, 1.807) is 0 Å². The minimum absolute atomic E-state index is 0.135. The van der Waals surface area contributed by atoms with Gasteiger partial charge in [0.05, 0.1) is 12.7 Å². The maximum Gasteiger partial charge on any atom is 0.335 e. The van der Waals surface area contributed by atoms with Gasteiger partial charge in [-0.05, 0) is 38.8 Å². The number of nitrogens with zero attached hydrogens (tertiary/aromatic N) is 1. The average molecular weight is 195 g/mol. The first-order valence-electron chi connectivity index (χ1n) is 5.35. The predicted molar refractivity (Wildman–Crippen MR) is 53.9 cm³/mol. The molecule has 3 heteroatoms. The van der Waals surface area contributed by atoms with Crippen LogP contribution in [0.15, 0.2) is 11.6 Å². The summed E-state index contributed by atoms with van der Waals surface area (Å²) in [5, 5.41) is 0. The molecule has 0 aromatic carbocycles. The van der Waals surface area contributed by atoms with Crippen LogP contribution < -0.4 is 0 Å². The molecule has 1 atom stereocenters. The van der Waals surface area contributed by atoms with Gasteiger partial charge in [0.1, 0.15) is 0 Å². The highest BCUT2D eigenvalue weighted by Crippen LogP contribution is 2.27. The van der Waals surface area contributed by atoms with Gasteiger partial charge in [-0.3, -0.25) is 4.90 Å². The van der Waals surface area contributed by atoms with Crippen molar-refractivity contribution in [1.82, 2.24) is 4.90 Å². The zero-order valence-corrected chi connectivity index (χ0v) is 8.66. The van der Waals surface area contributed by atoms with Gasteiger partial charge in [-0.1, -0.05) is 6.08 Å². The Morgan fingerprint density at radius 3 is 3.07 bits per heavy atom. The summed E-state index contributed by atoms with van der Waals surface area (Å²) < 4.78 is 4.82. The van der Waals surface area contributed by atoms with Crippen LogP contribution in [0.2, 0.25) is 0 Å². The molecule has 0 N–H and O–H groups in total. The minimum Gasteiger partial charge on any atom is -0.466 e. The molecule has 0 spiro atoms. The largest absolute Gasteiger partial charge is 0.466 e. The van der Waals surface area contributed by atoms with Gasteiger partial charge in [0.15, 0.2) is 0 Å². The molecule has 0 bridgehead atoms. The number of hydrogen-bond donors (Lipinski definition) is 0. The lowest BCUT2D eigenvalue weighted by molar-refractivity contribution is -0.136. The Morgan fingerprint density at radius 1 is 1.50 bits per heavy atom. The third kappa shape index (κ3) is 1.69. The van der Waals surface area contributed by atoms with Crippen molar-refractivity contribution in [2.75, 3.05) is 20.2 Å². The molecule has 0 aliphatic carbocycles. The highest BCUT2D eigenvalue weighted by atomic mass is 16.5. The molecular weight excluding hydrogens is 178 g/mol. The SMILES string of the molecule is COC(=O)C1=CCCCN2CCCC12. The normalized spacial score (nSPS) is 27.8. The molecule has 0 aromatic heterocycles. The van der Waals surface area contributed by atoms with Crippen LogP contribution in [0.25, 0.3) is 0 Å². The number of carbonyl (C=O) groups is 1. The first kappa shape index (κ1) is 9.71. The van der Waals surface area contributed by atoms with Crippen molar-refractivity contribution in [3.63, 3.8) is 0 Å². The highest BCUT2D eigenvalue weighted by molar-refractivity contribution is 5.89. The van der Waals surface area contributed by atoms with Crippen molar-refractivity contribution < 1.29 is 9.53 Å². The van der Waals surface area contributed by atoms with Crippen LogP contribution in [0.1, 0.15) is 25.7 Å². The molecule has 0 radical (unpaired) electrons. The van der Waals surface area contributed by atoms with Gasteiger partial charge < -0.3 is 4.74 Å². The monoisotopic (exact) mass is 195 g/mol. The van der Waals surface area contributed by atoms with E-state index in [1.165, 1.54) is 13.5 Å². The summed E-state index contributed by atoms with van der Waals surface area (Å²) in [5.41, 5.74) is 0.891. The van der Waals surface area contributed by atoms with Crippen LogP contribution in [-0.4, -0.2) is 37.1 Å². The minimum atomic E-state index is -0.135. The van der Waals surface area contributed by atoms with Crippen LogP contribution in [0.3, 0.4) is 0 Å². The van der Waals surface area contributed by atoms with E-state index in [-0.39, 0.29) is 5.97 Å². The molecule has 2 aliphatic rings. The maximum absolute atomic E-state index is 11.5. The first-order valence-corrected chi connectivity index (χ1v) is 5.35. The summed E-state index contributed by atoms with van der Waals surface area (Å²) in [7, 11) is 1.47. The maximum atomic E-state index is 11.5. The number of hydrogen-bond acceptors (Lipinski definition) is 3. The van der Waals surface area contributed by atoms with Crippen molar-refractivity contribution in [2.24, 2.45) is 0 Å². The molecule has 2 aliphatic heterocycles. The molecule has 0 saturated carbocycles. The molecular formula is C11H17NO2. The van der Waals surface area contributed by atoms with Crippen molar-refractivity contribution >= 4 is 5.97 Å². The summed E-state index contributed by atoms with van der Waals surface area (Å²) in [6.07, 6.45) is 6.57. The number of methoxy groups -OCH3 is 1. The Bertz CT molecular complexity index is 260. The van der Waals surface area contributed by atoms with Crippen LogP contribution in [0, 0.1) is 0 Å². The van der Waals surface area contributed by atoms with Gasteiger partial charge >= 0.3 is 5.97 Å². The Hall–Kier alpha value is -0.830. The van der Waals surface area contributed by atoms with Gasteiger partial charge in [0.25, 0.3) is 0 Å². The van der Waals surface area contributed by atoms with Crippen molar-refractivity contribution in [3.05, 3.63) is 11.6 Å². The molecule has 14 heavy (non-hydrogen) atoms. The van der Waals surface area contributed by atoms with Crippen molar-refractivity contribution in [3.8, 4) is 0 Å².